The van der Waals surface area contributed by atoms with E-state index in [1.54, 1.807) is 0 Å². The molecule has 0 bridgehead atoms. The van der Waals surface area contributed by atoms with Gasteiger partial charge in [-0.15, -0.1) is 0 Å². The lowest BCUT2D eigenvalue weighted by atomic mass is 9.97. The molecule has 0 aromatic heterocycles. The Kier molecular flexibility index (Phi) is 1.96. The summed E-state index contributed by atoms with van der Waals surface area (Å²) >= 11 is 0. The van der Waals surface area contributed by atoms with Gasteiger partial charge in [0.05, 0.1) is 5.56 Å². The molecule has 1 atom stereocenters. The number of carbonyl (C=O) groups is 1. The molecule has 1 aliphatic rings. The summed E-state index contributed by atoms with van der Waals surface area (Å²) in [5.74, 6) is -0.182. The Labute approximate surface area is 93.8 Å². The van der Waals surface area contributed by atoms with Crippen LogP contribution in [0.1, 0.15) is 35.4 Å². The van der Waals surface area contributed by atoms with Crippen molar-refractivity contribution >= 4 is 16.7 Å². The van der Waals surface area contributed by atoms with Crippen molar-refractivity contribution in [2.24, 2.45) is 0 Å². The average Bonchev–Trinajstić information content (AvgIpc) is 2.66. The van der Waals surface area contributed by atoms with Crippen molar-refractivity contribution in [3.05, 3.63) is 47.5 Å². The van der Waals surface area contributed by atoms with Gasteiger partial charge in [0.2, 0.25) is 0 Å². The van der Waals surface area contributed by atoms with E-state index in [0.29, 0.717) is 0 Å². The first-order valence-corrected chi connectivity index (χ1v) is 5.54. The molecule has 0 fully saturated rings. The summed E-state index contributed by atoms with van der Waals surface area (Å²) < 4.78 is 5.35. The summed E-state index contributed by atoms with van der Waals surface area (Å²) in [6, 6.07) is 12.0. The zero-order chi connectivity index (χ0) is 11.1. The maximum Gasteiger partial charge on any atom is 0.339 e. The molecule has 2 nitrogen and oxygen atoms in total. The van der Waals surface area contributed by atoms with Crippen molar-refractivity contribution in [2.45, 2.75) is 19.4 Å². The molecule has 16 heavy (non-hydrogen) atoms. The Morgan fingerprint density at radius 2 is 2.00 bits per heavy atom. The van der Waals surface area contributed by atoms with Crippen LogP contribution in [-0.2, 0) is 4.74 Å². The van der Waals surface area contributed by atoms with Gasteiger partial charge in [-0.1, -0.05) is 43.3 Å². The molecule has 2 aromatic carbocycles. The van der Waals surface area contributed by atoms with Gasteiger partial charge in [0.25, 0.3) is 0 Å². The topological polar surface area (TPSA) is 26.3 Å². The number of ether oxygens (including phenoxy) is 1. The second-order valence-corrected chi connectivity index (χ2v) is 4.05. The molecule has 3 rings (SSSR count). The highest BCUT2D eigenvalue weighted by Crippen LogP contribution is 2.36. The number of benzene rings is 2. The number of esters is 1. The molecule has 0 amide bonds. The van der Waals surface area contributed by atoms with Crippen LogP contribution in [0.5, 0.6) is 0 Å². The molecule has 80 valence electrons. The SMILES string of the molecule is CCC1OC(=O)c2c1ccc1ccccc21. The maximum atomic E-state index is 11.8. The molecule has 0 N–H and O–H groups in total. The molecular weight excluding hydrogens is 200 g/mol. The van der Waals surface area contributed by atoms with Gasteiger partial charge >= 0.3 is 5.97 Å². The van der Waals surface area contributed by atoms with Crippen molar-refractivity contribution in [1.29, 1.82) is 0 Å². The molecule has 1 heterocycles. The van der Waals surface area contributed by atoms with E-state index in [4.69, 9.17) is 4.74 Å². The quantitative estimate of drug-likeness (QED) is 0.676. The summed E-state index contributed by atoms with van der Waals surface area (Å²) in [7, 11) is 0. The number of rotatable bonds is 1. The van der Waals surface area contributed by atoms with Crippen LogP contribution in [0.4, 0.5) is 0 Å². The predicted octanol–water partition coefficient (Wildman–Crippen LogP) is 3.46. The van der Waals surface area contributed by atoms with Crippen LogP contribution in [0.2, 0.25) is 0 Å². The van der Waals surface area contributed by atoms with E-state index in [9.17, 15) is 4.79 Å². The van der Waals surface area contributed by atoms with Crippen LogP contribution in [0.3, 0.4) is 0 Å². The van der Waals surface area contributed by atoms with Gasteiger partial charge in [-0.05, 0) is 17.2 Å². The second kappa shape index (κ2) is 3.34. The monoisotopic (exact) mass is 212 g/mol. The van der Waals surface area contributed by atoms with Crippen LogP contribution in [0.25, 0.3) is 10.8 Å². The van der Waals surface area contributed by atoms with Gasteiger partial charge in [0.15, 0.2) is 0 Å². The second-order valence-electron chi connectivity index (χ2n) is 4.05. The molecule has 0 saturated carbocycles. The van der Waals surface area contributed by atoms with Crippen LogP contribution in [0, 0.1) is 0 Å². The van der Waals surface area contributed by atoms with Crippen molar-refractivity contribution < 1.29 is 9.53 Å². The number of fused-ring (bicyclic) bond motifs is 3. The van der Waals surface area contributed by atoms with Crippen LogP contribution in [0.15, 0.2) is 36.4 Å². The molecule has 0 spiro atoms. The molecule has 0 radical (unpaired) electrons. The molecule has 2 heteroatoms. The zero-order valence-electron chi connectivity index (χ0n) is 9.07. The predicted molar refractivity (Wildman–Crippen MR) is 62.4 cm³/mol. The maximum absolute atomic E-state index is 11.8. The number of cyclic esters (lactones) is 1. The number of carbonyl (C=O) groups excluding carboxylic acids is 1. The highest BCUT2D eigenvalue weighted by molar-refractivity contribution is 6.07. The van der Waals surface area contributed by atoms with E-state index in [2.05, 4.69) is 6.07 Å². The molecule has 1 aliphatic heterocycles. The van der Waals surface area contributed by atoms with E-state index >= 15 is 0 Å². The van der Waals surface area contributed by atoms with E-state index in [1.165, 1.54) is 0 Å². The van der Waals surface area contributed by atoms with Gasteiger partial charge in [-0.25, -0.2) is 4.79 Å². The largest absolute Gasteiger partial charge is 0.454 e. The molecule has 0 saturated heterocycles. The van der Waals surface area contributed by atoms with E-state index in [1.807, 2.05) is 37.3 Å². The Morgan fingerprint density at radius 3 is 2.81 bits per heavy atom. The van der Waals surface area contributed by atoms with Crippen LogP contribution >= 0.6 is 0 Å². The summed E-state index contributed by atoms with van der Waals surface area (Å²) in [5, 5.41) is 2.09. The summed E-state index contributed by atoms with van der Waals surface area (Å²) in [5.41, 5.74) is 1.79. The lowest BCUT2D eigenvalue weighted by molar-refractivity contribution is 0.0380. The fourth-order valence-corrected chi connectivity index (χ4v) is 2.34. The fraction of sp³-hybridized carbons (Fsp3) is 0.214. The minimum atomic E-state index is -0.182. The van der Waals surface area contributed by atoms with E-state index in [-0.39, 0.29) is 12.1 Å². The average molecular weight is 212 g/mol. The van der Waals surface area contributed by atoms with E-state index in [0.717, 1.165) is 28.3 Å². The fourth-order valence-electron chi connectivity index (χ4n) is 2.34. The Hall–Kier alpha value is -1.83. The first-order valence-electron chi connectivity index (χ1n) is 5.54. The number of hydrogen-bond donors (Lipinski definition) is 0. The van der Waals surface area contributed by atoms with Gasteiger partial charge in [0.1, 0.15) is 6.10 Å². The summed E-state index contributed by atoms with van der Waals surface area (Å²) in [6.07, 6.45) is 0.768. The Bertz CT molecular complexity index is 572. The van der Waals surface area contributed by atoms with Gasteiger partial charge in [-0.3, -0.25) is 0 Å². The van der Waals surface area contributed by atoms with Gasteiger partial charge in [-0.2, -0.15) is 0 Å². The molecule has 1 unspecified atom stereocenters. The highest BCUT2D eigenvalue weighted by Gasteiger charge is 2.31. The third-order valence-corrected chi connectivity index (χ3v) is 3.13. The smallest absolute Gasteiger partial charge is 0.339 e. The first-order chi connectivity index (χ1) is 7.81. The standard InChI is InChI=1S/C14H12O2/c1-2-12-11-8-7-9-5-3-4-6-10(9)13(11)14(15)16-12/h3-8,12H,2H2,1H3. The lowest BCUT2D eigenvalue weighted by Gasteiger charge is -2.06. The molecule has 2 aromatic rings. The third-order valence-electron chi connectivity index (χ3n) is 3.13. The van der Waals surface area contributed by atoms with Crippen molar-refractivity contribution in [1.82, 2.24) is 0 Å². The summed E-state index contributed by atoms with van der Waals surface area (Å²) in [6.45, 7) is 2.03. The van der Waals surface area contributed by atoms with Crippen molar-refractivity contribution in [2.75, 3.05) is 0 Å². The molecule has 0 aliphatic carbocycles. The minimum absolute atomic E-state index is 0.0629. The van der Waals surface area contributed by atoms with Crippen molar-refractivity contribution in [3.8, 4) is 0 Å². The van der Waals surface area contributed by atoms with Gasteiger partial charge < -0.3 is 4.74 Å². The normalized spacial score (nSPS) is 18.6. The van der Waals surface area contributed by atoms with Crippen molar-refractivity contribution in [3.63, 3.8) is 0 Å². The van der Waals surface area contributed by atoms with Gasteiger partial charge in [0, 0.05) is 5.56 Å². The van der Waals surface area contributed by atoms with Crippen LogP contribution in [-0.4, -0.2) is 5.97 Å². The zero-order valence-corrected chi connectivity index (χ0v) is 9.07. The summed E-state index contributed by atoms with van der Waals surface area (Å²) in [4.78, 5) is 11.8. The van der Waals surface area contributed by atoms with Crippen LogP contribution < -0.4 is 0 Å². The highest BCUT2D eigenvalue weighted by atomic mass is 16.5. The Balaban J connectivity index is 2.35. The van der Waals surface area contributed by atoms with E-state index < -0.39 is 0 Å². The Morgan fingerprint density at radius 1 is 1.19 bits per heavy atom. The third kappa shape index (κ3) is 1.16. The lowest BCUT2D eigenvalue weighted by Crippen LogP contribution is -1.96. The minimum Gasteiger partial charge on any atom is -0.454 e. The molecular formula is C14H12O2. The first kappa shape index (κ1) is 9.40. The number of hydrogen-bond acceptors (Lipinski definition) is 2.